The Hall–Kier alpha value is -1.36. The molecule has 1 N–H and O–H groups in total. The molecular formula is C15H11BrCl2N2O. The molecule has 2 aromatic carbocycles. The van der Waals surface area contributed by atoms with Crippen LogP contribution in [-0.4, -0.2) is 12.1 Å². The first-order chi connectivity index (χ1) is 9.99. The van der Waals surface area contributed by atoms with Crippen LogP contribution in [0.1, 0.15) is 21.5 Å². The second kappa shape index (κ2) is 7.07. The van der Waals surface area contributed by atoms with Crippen molar-refractivity contribution in [2.24, 2.45) is 5.10 Å². The lowest BCUT2D eigenvalue weighted by atomic mass is 10.1. The van der Waals surface area contributed by atoms with Crippen molar-refractivity contribution in [1.82, 2.24) is 5.43 Å². The molecule has 108 valence electrons. The van der Waals surface area contributed by atoms with Gasteiger partial charge in [-0.25, -0.2) is 5.43 Å². The molecule has 3 nitrogen and oxygen atoms in total. The molecule has 2 aromatic rings. The normalized spacial score (nSPS) is 10.9. The summed E-state index contributed by atoms with van der Waals surface area (Å²) in [5.74, 6) is -0.310. The molecular weight excluding hydrogens is 375 g/mol. The zero-order chi connectivity index (χ0) is 15.4. The number of aryl methyl sites for hydroxylation is 1. The number of hydrogen-bond acceptors (Lipinski definition) is 2. The second-order valence-corrected chi connectivity index (χ2v) is 5.97. The lowest BCUT2D eigenvalue weighted by Gasteiger charge is -2.03. The molecule has 0 atom stereocenters. The third-order valence-electron chi connectivity index (χ3n) is 2.79. The minimum atomic E-state index is -0.310. The number of carbonyl (C=O) groups is 1. The van der Waals surface area contributed by atoms with E-state index >= 15 is 0 Å². The van der Waals surface area contributed by atoms with Gasteiger partial charge in [-0.3, -0.25) is 4.79 Å². The van der Waals surface area contributed by atoms with Gasteiger partial charge in [-0.05, 0) is 36.8 Å². The van der Waals surface area contributed by atoms with Crippen LogP contribution in [0.2, 0.25) is 10.0 Å². The van der Waals surface area contributed by atoms with Gasteiger partial charge in [0.15, 0.2) is 0 Å². The lowest BCUT2D eigenvalue weighted by molar-refractivity contribution is 0.0955. The van der Waals surface area contributed by atoms with Crippen LogP contribution < -0.4 is 5.43 Å². The molecule has 21 heavy (non-hydrogen) atoms. The van der Waals surface area contributed by atoms with E-state index in [1.54, 1.807) is 30.3 Å². The highest BCUT2D eigenvalue weighted by atomic mass is 79.9. The number of nitrogens with zero attached hydrogens (tertiary/aromatic N) is 1. The second-order valence-electron chi connectivity index (χ2n) is 4.30. The number of hydrazone groups is 1. The molecule has 0 aliphatic carbocycles. The quantitative estimate of drug-likeness (QED) is 0.596. The van der Waals surface area contributed by atoms with Gasteiger partial charge in [0.2, 0.25) is 0 Å². The summed E-state index contributed by atoms with van der Waals surface area (Å²) < 4.78 is 0.869. The molecule has 1 amide bonds. The van der Waals surface area contributed by atoms with E-state index in [4.69, 9.17) is 23.2 Å². The van der Waals surface area contributed by atoms with Crippen LogP contribution in [0.4, 0.5) is 0 Å². The summed E-state index contributed by atoms with van der Waals surface area (Å²) in [6.45, 7) is 1.95. The molecule has 0 spiro atoms. The molecule has 0 radical (unpaired) electrons. The molecule has 0 bridgehead atoms. The van der Waals surface area contributed by atoms with Crippen molar-refractivity contribution >= 4 is 51.3 Å². The first-order valence-electron chi connectivity index (χ1n) is 6.02. The smallest absolute Gasteiger partial charge is 0.267 e. The molecule has 2 rings (SSSR count). The van der Waals surface area contributed by atoms with E-state index < -0.39 is 0 Å². The summed E-state index contributed by atoms with van der Waals surface area (Å²) in [5, 5.41) is 4.82. The molecule has 0 aliphatic rings. The number of halogens is 3. The topological polar surface area (TPSA) is 41.5 Å². The van der Waals surface area contributed by atoms with Crippen molar-refractivity contribution in [3.63, 3.8) is 0 Å². The van der Waals surface area contributed by atoms with Gasteiger partial charge in [0.25, 0.3) is 5.91 Å². The molecule has 0 saturated heterocycles. The average Bonchev–Trinajstić information content (AvgIpc) is 2.45. The Morgan fingerprint density at radius 2 is 1.90 bits per heavy atom. The minimum Gasteiger partial charge on any atom is -0.267 e. The van der Waals surface area contributed by atoms with Crippen LogP contribution in [0.15, 0.2) is 46.0 Å². The van der Waals surface area contributed by atoms with Gasteiger partial charge in [-0.2, -0.15) is 5.10 Å². The number of benzene rings is 2. The van der Waals surface area contributed by atoms with Crippen molar-refractivity contribution in [3.8, 4) is 0 Å². The maximum Gasteiger partial charge on any atom is 0.271 e. The molecule has 0 heterocycles. The molecule has 0 aromatic heterocycles. The average molecular weight is 386 g/mol. The van der Waals surface area contributed by atoms with Crippen molar-refractivity contribution in [3.05, 3.63) is 67.6 Å². The maximum absolute atomic E-state index is 12.0. The van der Waals surface area contributed by atoms with E-state index in [2.05, 4.69) is 26.5 Å². The van der Waals surface area contributed by atoms with E-state index in [1.807, 2.05) is 13.0 Å². The van der Waals surface area contributed by atoms with Gasteiger partial charge < -0.3 is 0 Å². The molecule has 0 saturated carbocycles. The van der Waals surface area contributed by atoms with E-state index in [1.165, 1.54) is 6.21 Å². The first kappa shape index (κ1) is 16.0. The van der Waals surface area contributed by atoms with Gasteiger partial charge in [0, 0.05) is 15.6 Å². The molecule has 0 aliphatic heterocycles. The summed E-state index contributed by atoms with van der Waals surface area (Å²) in [6, 6.07) is 10.5. The Kier molecular flexibility index (Phi) is 5.39. The Labute approximate surface area is 141 Å². The van der Waals surface area contributed by atoms with Crippen molar-refractivity contribution in [1.29, 1.82) is 0 Å². The predicted molar refractivity (Wildman–Crippen MR) is 90.4 cm³/mol. The molecule has 0 fully saturated rings. The molecule has 6 heteroatoms. The van der Waals surface area contributed by atoms with E-state index in [0.717, 1.165) is 10.0 Å². The standard InChI is InChI=1S/C15H11BrCl2N2O/c1-9-5-6-10(7-12(9)16)15(21)20-19-8-11-13(17)3-2-4-14(11)18/h2-8H,1H3,(H,20,21). The number of nitrogens with one attached hydrogen (secondary N) is 1. The van der Waals surface area contributed by atoms with Crippen LogP contribution in [0.5, 0.6) is 0 Å². The predicted octanol–water partition coefficient (Wildman–Crippen LogP) is 4.83. The monoisotopic (exact) mass is 384 g/mol. The fourth-order valence-electron chi connectivity index (χ4n) is 1.59. The van der Waals surface area contributed by atoms with Crippen LogP contribution in [-0.2, 0) is 0 Å². The van der Waals surface area contributed by atoms with Crippen molar-refractivity contribution in [2.75, 3.05) is 0 Å². The Morgan fingerprint density at radius 1 is 1.24 bits per heavy atom. The van der Waals surface area contributed by atoms with E-state index in [-0.39, 0.29) is 5.91 Å². The Balaban J connectivity index is 2.10. The number of amides is 1. The highest BCUT2D eigenvalue weighted by Gasteiger charge is 2.06. The van der Waals surface area contributed by atoms with E-state index in [9.17, 15) is 4.79 Å². The van der Waals surface area contributed by atoms with Gasteiger partial charge >= 0.3 is 0 Å². The molecule has 0 unspecified atom stereocenters. The fourth-order valence-corrected chi connectivity index (χ4v) is 2.46. The number of carbonyl (C=O) groups excluding carboxylic acids is 1. The Morgan fingerprint density at radius 3 is 2.52 bits per heavy atom. The summed E-state index contributed by atoms with van der Waals surface area (Å²) in [5.41, 5.74) is 4.57. The zero-order valence-corrected chi connectivity index (χ0v) is 14.1. The Bertz CT molecular complexity index is 697. The van der Waals surface area contributed by atoms with Crippen LogP contribution >= 0.6 is 39.1 Å². The number of rotatable bonds is 3. The van der Waals surface area contributed by atoms with Gasteiger partial charge in [0.05, 0.1) is 16.3 Å². The van der Waals surface area contributed by atoms with Gasteiger partial charge in [-0.1, -0.05) is 51.3 Å². The SMILES string of the molecule is Cc1ccc(C(=O)NN=Cc2c(Cl)cccc2Cl)cc1Br. The highest BCUT2D eigenvalue weighted by molar-refractivity contribution is 9.10. The third-order valence-corrected chi connectivity index (χ3v) is 4.31. The lowest BCUT2D eigenvalue weighted by Crippen LogP contribution is -2.17. The number of hydrogen-bond donors (Lipinski definition) is 1. The summed E-state index contributed by atoms with van der Waals surface area (Å²) >= 11 is 15.4. The van der Waals surface area contributed by atoms with Crippen LogP contribution in [0.25, 0.3) is 0 Å². The summed E-state index contributed by atoms with van der Waals surface area (Å²) in [7, 11) is 0. The first-order valence-corrected chi connectivity index (χ1v) is 7.57. The van der Waals surface area contributed by atoms with Gasteiger partial charge in [-0.15, -0.1) is 0 Å². The van der Waals surface area contributed by atoms with E-state index in [0.29, 0.717) is 21.2 Å². The van der Waals surface area contributed by atoms with Crippen molar-refractivity contribution < 1.29 is 4.79 Å². The summed E-state index contributed by atoms with van der Waals surface area (Å²) in [6.07, 6.45) is 1.42. The van der Waals surface area contributed by atoms with Crippen molar-refractivity contribution in [2.45, 2.75) is 6.92 Å². The highest BCUT2D eigenvalue weighted by Crippen LogP contribution is 2.22. The fraction of sp³-hybridized carbons (Fsp3) is 0.0667. The maximum atomic E-state index is 12.0. The van der Waals surface area contributed by atoms with Gasteiger partial charge in [0.1, 0.15) is 0 Å². The van der Waals surface area contributed by atoms with Crippen LogP contribution in [0, 0.1) is 6.92 Å². The zero-order valence-electron chi connectivity index (χ0n) is 11.0. The summed E-state index contributed by atoms with van der Waals surface area (Å²) in [4.78, 5) is 12.0. The largest absolute Gasteiger partial charge is 0.271 e. The van der Waals surface area contributed by atoms with Crippen LogP contribution in [0.3, 0.4) is 0 Å². The third kappa shape index (κ3) is 4.06. The minimum absolute atomic E-state index is 0.310.